The maximum Gasteiger partial charge on any atom is 0.160 e. The first-order valence-electron chi connectivity index (χ1n) is 6.34. The third-order valence-electron chi connectivity index (χ3n) is 3.44. The van der Waals surface area contributed by atoms with Gasteiger partial charge in [0.1, 0.15) is 0 Å². The zero-order valence-corrected chi connectivity index (χ0v) is 9.50. The molecule has 1 saturated heterocycles. The van der Waals surface area contributed by atoms with Crippen molar-refractivity contribution in [2.75, 3.05) is 13.1 Å². The van der Waals surface area contributed by atoms with E-state index < -0.39 is 0 Å². The van der Waals surface area contributed by atoms with Crippen molar-refractivity contribution >= 4 is 5.78 Å². The molecule has 0 radical (unpaired) electrons. The van der Waals surface area contributed by atoms with Crippen LogP contribution in [-0.4, -0.2) is 23.8 Å². The Bertz CT molecular complexity index is 251. The van der Waals surface area contributed by atoms with Crippen LogP contribution in [0.5, 0.6) is 0 Å². The van der Waals surface area contributed by atoms with Crippen LogP contribution < -0.4 is 0 Å². The molecule has 2 fully saturated rings. The second-order valence-corrected chi connectivity index (χ2v) is 4.73. The van der Waals surface area contributed by atoms with E-state index in [2.05, 4.69) is 11.1 Å². The summed E-state index contributed by atoms with van der Waals surface area (Å²) in [7, 11) is 0. The number of hydrogen-bond donors (Lipinski definition) is 0. The SMILES string of the molecule is O=C1CCCCC/C1=C/N1CCCCC1. The monoisotopic (exact) mass is 207 g/mol. The molecule has 84 valence electrons. The molecule has 0 aromatic heterocycles. The van der Waals surface area contributed by atoms with Gasteiger partial charge in [-0.3, -0.25) is 4.79 Å². The Balaban J connectivity index is 1.98. The van der Waals surface area contributed by atoms with E-state index >= 15 is 0 Å². The van der Waals surface area contributed by atoms with Crippen molar-refractivity contribution < 1.29 is 4.79 Å². The Kier molecular flexibility index (Phi) is 3.81. The fourth-order valence-corrected chi connectivity index (χ4v) is 2.48. The molecule has 0 aromatic carbocycles. The number of nitrogens with zero attached hydrogens (tertiary/aromatic N) is 1. The van der Waals surface area contributed by atoms with Gasteiger partial charge in [-0.2, -0.15) is 0 Å². The summed E-state index contributed by atoms with van der Waals surface area (Å²) < 4.78 is 0. The van der Waals surface area contributed by atoms with Crippen LogP contribution >= 0.6 is 0 Å². The highest BCUT2D eigenvalue weighted by Crippen LogP contribution is 2.20. The maximum absolute atomic E-state index is 11.8. The fraction of sp³-hybridized carbons (Fsp3) is 0.769. The summed E-state index contributed by atoms with van der Waals surface area (Å²) in [4.78, 5) is 14.1. The molecule has 2 rings (SSSR count). The molecule has 0 bridgehead atoms. The van der Waals surface area contributed by atoms with E-state index in [9.17, 15) is 4.79 Å². The van der Waals surface area contributed by atoms with Crippen LogP contribution in [0.2, 0.25) is 0 Å². The van der Waals surface area contributed by atoms with Gasteiger partial charge in [0.25, 0.3) is 0 Å². The molecular formula is C13H21NO. The highest BCUT2D eigenvalue weighted by atomic mass is 16.1. The molecule has 0 unspecified atom stereocenters. The van der Waals surface area contributed by atoms with Gasteiger partial charge in [-0.1, -0.05) is 6.42 Å². The number of allylic oxidation sites excluding steroid dienone is 1. The van der Waals surface area contributed by atoms with E-state index in [-0.39, 0.29) is 0 Å². The second-order valence-electron chi connectivity index (χ2n) is 4.73. The number of piperidine rings is 1. The zero-order chi connectivity index (χ0) is 10.5. The largest absolute Gasteiger partial charge is 0.377 e. The molecule has 0 N–H and O–H groups in total. The number of hydrogen-bond acceptors (Lipinski definition) is 2. The van der Waals surface area contributed by atoms with E-state index in [1.54, 1.807) is 0 Å². The second kappa shape index (κ2) is 5.34. The van der Waals surface area contributed by atoms with Gasteiger partial charge in [-0.25, -0.2) is 0 Å². The van der Waals surface area contributed by atoms with Gasteiger partial charge >= 0.3 is 0 Å². The normalized spacial score (nSPS) is 26.8. The third kappa shape index (κ3) is 3.08. The molecule has 0 spiro atoms. The lowest BCUT2D eigenvalue weighted by Crippen LogP contribution is -2.25. The number of likely N-dealkylation sites (tertiary alicyclic amines) is 1. The molecule has 0 aromatic rings. The van der Waals surface area contributed by atoms with Crippen LogP contribution in [0.4, 0.5) is 0 Å². The minimum atomic E-state index is 0.401. The Hall–Kier alpha value is -0.790. The lowest BCUT2D eigenvalue weighted by atomic mass is 10.1. The highest BCUT2D eigenvalue weighted by Gasteiger charge is 2.15. The summed E-state index contributed by atoms with van der Waals surface area (Å²) in [5.41, 5.74) is 1.09. The summed E-state index contributed by atoms with van der Waals surface area (Å²) in [6, 6.07) is 0. The van der Waals surface area contributed by atoms with Crippen LogP contribution in [0, 0.1) is 0 Å². The maximum atomic E-state index is 11.8. The smallest absolute Gasteiger partial charge is 0.160 e. The third-order valence-corrected chi connectivity index (χ3v) is 3.44. The van der Waals surface area contributed by atoms with E-state index in [4.69, 9.17) is 0 Å². The molecule has 1 saturated carbocycles. The van der Waals surface area contributed by atoms with Crippen molar-refractivity contribution in [1.29, 1.82) is 0 Å². The Morgan fingerprint density at radius 3 is 2.33 bits per heavy atom. The molecule has 2 aliphatic rings. The summed E-state index contributed by atoms with van der Waals surface area (Å²) in [5.74, 6) is 0.401. The first kappa shape index (κ1) is 10.7. The van der Waals surface area contributed by atoms with Crippen LogP contribution in [-0.2, 0) is 4.79 Å². The Labute approximate surface area is 92.3 Å². The first-order valence-corrected chi connectivity index (χ1v) is 6.34. The average molecular weight is 207 g/mol. The Morgan fingerprint density at radius 1 is 0.867 bits per heavy atom. The van der Waals surface area contributed by atoms with Gasteiger partial charge in [0.2, 0.25) is 0 Å². The van der Waals surface area contributed by atoms with Crippen molar-refractivity contribution in [1.82, 2.24) is 4.90 Å². The van der Waals surface area contributed by atoms with Crippen molar-refractivity contribution in [2.45, 2.75) is 51.4 Å². The topological polar surface area (TPSA) is 20.3 Å². The van der Waals surface area contributed by atoms with E-state index in [1.807, 2.05) is 0 Å². The van der Waals surface area contributed by atoms with E-state index in [0.717, 1.165) is 37.9 Å². The predicted octanol–water partition coefficient (Wildman–Crippen LogP) is 2.89. The van der Waals surface area contributed by atoms with Gasteiger partial charge < -0.3 is 4.90 Å². The lowest BCUT2D eigenvalue weighted by molar-refractivity contribution is -0.115. The van der Waals surface area contributed by atoms with Crippen molar-refractivity contribution in [3.05, 3.63) is 11.8 Å². The van der Waals surface area contributed by atoms with Crippen molar-refractivity contribution in [2.24, 2.45) is 0 Å². The molecule has 1 aliphatic heterocycles. The van der Waals surface area contributed by atoms with Gasteiger partial charge in [-0.15, -0.1) is 0 Å². The van der Waals surface area contributed by atoms with Gasteiger partial charge in [0, 0.05) is 31.3 Å². The Morgan fingerprint density at radius 2 is 1.53 bits per heavy atom. The van der Waals surface area contributed by atoms with Crippen LogP contribution in [0.15, 0.2) is 11.8 Å². The average Bonchev–Trinajstić information content (AvgIpc) is 2.46. The molecule has 0 amide bonds. The van der Waals surface area contributed by atoms with Crippen molar-refractivity contribution in [3.63, 3.8) is 0 Å². The van der Waals surface area contributed by atoms with Crippen LogP contribution in [0.3, 0.4) is 0 Å². The molecule has 1 heterocycles. The fourth-order valence-electron chi connectivity index (χ4n) is 2.48. The molecule has 15 heavy (non-hydrogen) atoms. The minimum absolute atomic E-state index is 0.401. The summed E-state index contributed by atoms with van der Waals surface area (Å²) in [5, 5.41) is 0. The van der Waals surface area contributed by atoms with Gasteiger partial charge in [0.05, 0.1) is 0 Å². The summed E-state index contributed by atoms with van der Waals surface area (Å²) in [6.07, 6.45) is 11.4. The molecule has 2 heteroatoms. The highest BCUT2D eigenvalue weighted by molar-refractivity contribution is 5.95. The lowest BCUT2D eigenvalue weighted by Gasteiger charge is -2.25. The predicted molar refractivity (Wildman–Crippen MR) is 61.6 cm³/mol. The van der Waals surface area contributed by atoms with Gasteiger partial charge in [0.15, 0.2) is 5.78 Å². The van der Waals surface area contributed by atoms with Crippen molar-refractivity contribution in [3.8, 4) is 0 Å². The van der Waals surface area contributed by atoms with E-state index in [0.29, 0.717) is 5.78 Å². The summed E-state index contributed by atoms with van der Waals surface area (Å²) in [6.45, 7) is 2.30. The molecule has 2 nitrogen and oxygen atoms in total. The van der Waals surface area contributed by atoms with Gasteiger partial charge in [-0.05, 0) is 38.5 Å². The standard InChI is InChI=1S/C13H21NO/c15-13-8-4-1-3-7-12(13)11-14-9-5-2-6-10-14/h11H,1-10H2/b12-11-. The van der Waals surface area contributed by atoms with E-state index in [1.165, 1.54) is 32.1 Å². The van der Waals surface area contributed by atoms with Crippen LogP contribution in [0.1, 0.15) is 51.4 Å². The zero-order valence-electron chi connectivity index (χ0n) is 9.50. The minimum Gasteiger partial charge on any atom is -0.377 e. The summed E-state index contributed by atoms with van der Waals surface area (Å²) >= 11 is 0. The number of carbonyl (C=O) groups is 1. The molecular weight excluding hydrogens is 186 g/mol. The number of ketones is 1. The quantitative estimate of drug-likeness (QED) is 0.487. The first-order chi connectivity index (χ1) is 7.36. The number of carbonyl (C=O) groups excluding carboxylic acids is 1. The molecule has 1 aliphatic carbocycles. The number of rotatable bonds is 1. The number of Topliss-reactive ketones (excluding diaryl/α,β-unsaturated/α-hetero) is 1. The molecule has 0 atom stereocenters. The van der Waals surface area contributed by atoms with Crippen LogP contribution in [0.25, 0.3) is 0 Å².